The maximum absolute atomic E-state index is 9.00. The summed E-state index contributed by atoms with van der Waals surface area (Å²) in [7, 11) is 0. The normalized spacial score (nSPS) is 20.8. The van der Waals surface area contributed by atoms with Crippen LogP contribution in [0.25, 0.3) is 0 Å². The van der Waals surface area contributed by atoms with Gasteiger partial charge in [0.05, 0.1) is 11.2 Å². The Labute approximate surface area is 171 Å². The fourth-order valence-corrected chi connectivity index (χ4v) is 3.04. The lowest BCUT2D eigenvalue weighted by molar-refractivity contribution is -0.552. The van der Waals surface area contributed by atoms with Crippen LogP contribution in [0.15, 0.2) is 0 Å². The van der Waals surface area contributed by atoms with Crippen molar-refractivity contribution in [3.05, 3.63) is 0 Å². The molecule has 0 bridgehead atoms. The lowest BCUT2D eigenvalue weighted by Gasteiger charge is -2.51. The summed E-state index contributed by atoms with van der Waals surface area (Å²) in [6.07, 6.45) is 2.94. The summed E-state index contributed by atoms with van der Waals surface area (Å²) in [6.45, 7) is 21.8. The van der Waals surface area contributed by atoms with E-state index < -0.39 is 11.8 Å². The minimum atomic E-state index is -0.947. The second-order valence-electron chi connectivity index (χ2n) is 10.2. The largest absolute Gasteiger partial charge is 0.481 e. The predicted molar refractivity (Wildman–Crippen MR) is 110 cm³/mol. The highest BCUT2D eigenvalue weighted by Crippen LogP contribution is 2.41. The molecule has 0 aliphatic carbocycles. The molecule has 1 aliphatic heterocycles. The second kappa shape index (κ2) is 9.85. The molecule has 0 aromatic rings. The van der Waals surface area contributed by atoms with Crippen molar-refractivity contribution in [3.8, 4) is 0 Å². The highest BCUT2D eigenvalue weighted by Gasteiger charge is 2.52. The Bertz CT molecular complexity index is 457. The van der Waals surface area contributed by atoms with Gasteiger partial charge in [0.1, 0.15) is 0 Å². The van der Waals surface area contributed by atoms with E-state index in [2.05, 4.69) is 46.9 Å². The summed E-state index contributed by atoms with van der Waals surface area (Å²) >= 11 is 0. The van der Waals surface area contributed by atoms with E-state index in [-0.39, 0.29) is 22.3 Å². The summed E-state index contributed by atoms with van der Waals surface area (Å²) in [4.78, 5) is 32.4. The highest BCUT2D eigenvalue weighted by molar-refractivity contribution is 5.62. The van der Waals surface area contributed by atoms with Gasteiger partial charge in [-0.05, 0) is 68.2 Å². The van der Waals surface area contributed by atoms with Crippen LogP contribution in [0.1, 0.15) is 102 Å². The molecule has 0 amide bonds. The molecule has 1 aliphatic rings. The molecule has 0 unspecified atom stereocenters. The number of carboxylic acids is 1. The Hall–Kier alpha value is -0.730. The van der Waals surface area contributed by atoms with Gasteiger partial charge in [-0.1, -0.05) is 13.8 Å². The SMILES string of the molecule is CC(=O)O.CCC(C)(C)OOC1(OOC(C)(C)CC)CC(C)(C)NC(C)(C)C1. The van der Waals surface area contributed by atoms with Crippen LogP contribution in [-0.4, -0.2) is 39.1 Å². The third-order valence-electron chi connectivity index (χ3n) is 4.64. The first-order chi connectivity index (χ1) is 12.4. The first kappa shape index (κ1) is 27.3. The number of hydrogen-bond acceptors (Lipinski definition) is 6. The average molecular weight is 406 g/mol. The minimum absolute atomic E-state index is 0.165. The first-order valence-corrected chi connectivity index (χ1v) is 10.1. The van der Waals surface area contributed by atoms with Gasteiger partial charge in [0.25, 0.3) is 5.97 Å². The Balaban J connectivity index is 0.00000165. The van der Waals surface area contributed by atoms with E-state index >= 15 is 0 Å². The lowest BCUT2D eigenvalue weighted by atomic mass is 9.79. The molecule has 168 valence electrons. The van der Waals surface area contributed by atoms with Crippen molar-refractivity contribution in [2.24, 2.45) is 0 Å². The molecule has 1 heterocycles. The maximum Gasteiger partial charge on any atom is 0.300 e. The predicted octanol–water partition coefficient (Wildman–Crippen LogP) is 4.99. The van der Waals surface area contributed by atoms with E-state index in [4.69, 9.17) is 29.5 Å². The molecule has 7 heteroatoms. The van der Waals surface area contributed by atoms with Crippen molar-refractivity contribution >= 4 is 5.97 Å². The molecule has 1 fully saturated rings. The third kappa shape index (κ3) is 10.7. The van der Waals surface area contributed by atoms with Gasteiger partial charge in [0.2, 0.25) is 5.79 Å². The number of aliphatic carboxylic acids is 1. The Morgan fingerprint density at radius 2 is 1.18 bits per heavy atom. The molecule has 1 rings (SSSR count). The van der Waals surface area contributed by atoms with Crippen molar-refractivity contribution < 1.29 is 29.5 Å². The van der Waals surface area contributed by atoms with Gasteiger partial charge < -0.3 is 10.4 Å². The molecular formula is C21H43NO6. The Morgan fingerprint density at radius 1 is 0.893 bits per heavy atom. The molecule has 0 saturated carbocycles. The molecular weight excluding hydrogens is 362 g/mol. The molecule has 0 atom stereocenters. The number of piperidine rings is 1. The number of nitrogens with one attached hydrogen (secondary N) is 1. The van der Waals surface area contributed by atoms with Crippen LogP contribution in [-0.2, 0) is 24.3 Å². The van der Waals surface area contributed by atoms with E-state index in [9.17, 15) is 0 Å². The Kier molecular flexibility index (Phi) is 9.59. The molecule has 1 saturated heterocycles. The second-order valence-corrected chi connectivity index (χ2v) is 10.2. The van der Waals surface area contributed by atoms with Gasteiger partial charge in [-0.2, -0.15) is 9.78 Å². The summed E-state index contributed by atoms with van der Waals surface area (Å²) in [5.74, 6) is -1.78. The van der Waals surface area contributed by atoms with Crippen LogP contribution >= 0.6 is 0 Å². The minimum Gasteiger partial charge on any atom is -0.481 e. The molecule has 0 aromatic heterocycles. The highest BCUT2D eigenvalue weighted by atomic mass is 17.3. The quantitative estimate of drug-likeness (QED) is 0.334. The maximum atomic E-state index is 9.00. The fraction of sp³-hybridized carbons (Fsp3) is 0.952. The summed E-state index contributed by atoms with van der Waals surface area (Å²) in [5, 5.41) is 11.1. The molecule has 0 spiro atoms. The third-order valence-corrected chi connectivity index (χ3v) is 4.64. The van der Waals surface area contributed by atoms with Gasteiger partial charge >= 0.3 is 0 Å². The van der Waals surface area contributed by atoms with Crippen molar-refractivity contribution in [1.82, 2.24) is 5.32 Å². The van der Waals surface area contributed by atoms with E-state index in [1.54, 1.807) is 0 Å². The van der Waals surface area contributed by atoms with Crippen LogP contribution in [0.4, 0.5) is 0 Å². The molecule has 2 N–H and O–H groups in total. The molecule has 7 nitrogen and oxygen atoms in total. The van der Waals surface area contributed by atoms with Gasteiger partial charge in [-0.15, -0.1) is 0 Å². The zero-order chi connectivity index (χ0) is 22.4. The van der Waals surface area contributed by atoms with Crippen molar-refractivity contribution in [1.29, 1.82) is 0 Å². The number of carbonyl (C=O) groups is 1. The van der Waals surface area contributed by atoms with E-state index in [1.807, 2.05) is 27.7 Å². The monoisotopic (exact) mass is 405 g/mol. The van der Waals surface area contributed by atoms with Crippen LogP contribution in [0.2, 0.25) is 0 Å². The molecule has 0 radical (unpaired) electrons. The average Bonchev–Trinajstić information content (AvgIpc) is 2.48. The number of hydrogen-bond donors (Lipinski definition) is 2. The smallest absolute Gasteiger partial charge is 0.300 e. The molecule has 28 heavy (non-hydrogen) atoms. The zero-order valence-corrected chi connectivity index (χ0v) is 19.8. The zero-order valence-electron chi connectivity index (χ0n) is 19.8. The van der Waals surface area contributed by atoms with Crippen molar-refractivity contribution in [2.45, 2.75) is 130 Å². The first-order valence-electron chi connectivity index (χ1n) is 10.1. The van der Waals surface area contributed by atoms with Gasteiger partial charge in [0, 0.05) is 30.8 Å². The van der Waals surface area contributed by atoms with Gasteiger partial charge in [0.15, 0.2) is 0 Å². The van der Waals surface area contributed by atoms with Crippen LogP contribution < -0.4 is 5.32 Å². The Morgan fingerprint density at radius 3 is 1.43 bits per heavy atom. The van der Waals surface area contributed by atoms with Crippen LogP contribution in [0, 0.1) is 0 Å². The summed E-state index contributed by atoms with van der Waals surface area (Å²) in [5.41, 5.74) is -1.09. The number of carboxylic acid groups (broad SMARTS) is 1. The number of rotatable bonds is 8. The van der Waals surface area contributed by atoms with Crippen molar-refractivity contribution in [2.75, 3.05) is 0 Å². The summed E-state index contributed by atoms with van der Waals surface area (Å²) in [6, 6.07) is 0. The lowest BCUT2D eigenvalue weighted by Crippen LogP contribution is -2.65. The topological polar surface area (TPSA) is 86.3 Å². The molecule has 0 aromatic carbocycles. The van der Waals surface area contributed by atoms with Crippen LogP contribution in [0.5, 0.6) is 0 Å². The van der Waals surface area contributed by atoms with E-state index in [0.717, 1.165) is 19.8 Å². The van der Waals surface area contributed by atoms with Gasteiger partial charge in [-0.3, -0.25) is 4.79 Å². The fourth-order valence-electron chi connectivity index (χ4n) is 3.04. The van der Waals surface area contributed by atoms with Crippen molar-refractivity contribution in [3.63, 3.8) is 0 Å². The van der Waals surface area contributed by atoms with Gasteiger partial charge in [-0.25, -0.2) is 9.78 Å². The standard InChI is InChI=1S/C19H39NO4.C2H4O2/c1-11-17(7,8)21-23-19(24-22-18(9,10)12-2)13-15(3,4)20-16(5,6)14-19;1-2(3)4/h20H,11-14H2,1-10H3;1H3,(H,3,4). The van der Waals surface area contributed by atoms with Crippen LogP contribution in [0.3, 0.4) is 0 Å². The van der Waals surface area contributed by atoms with E-state index in [1.165, 1.54) is 0 Å². The van der Waals surface area contributed by atoms with E-state index in [0.29, 0.717) is 12.8 Å². The summed E-state index contributed by atoms with van der Waals surface area (Å²) < 4.78 is 0.